The fourth-order valence-electron chi connectivity index (χ4n) is 15.0. The number of fused-ring (bicyclic) bond motifs is 22. The predicted molar refractivity (Wildman–Crippen MR) is 374 cm³/mol. The topological polar surface area (TPSA) is 50.3 Å². The standard InChI is InChI=1S/C83H51N3O3/c1-47(2)50-21-33-73-72(39-50)80-74(85(58-23-20-49-12-4-6-14-52(49)38-58)60-26-36-76-71(45-60)69-41-54-16-8-10-18-56(54)43-78(69)88-76)34-32-64-63-28-31-67-65(81(63)86(73)82(64)80)29-30-66-62-27-24-61(46-79(62)89-83(66)67)84(57-22-19-48-11-3-5-13-51(48)37-57)59-25-35-75-70(44-59)68-40-53-15-7-9-17-55(53)42-77(68)87-75/h3-47H,1-2H3. The Labute approximate surface area is 508 Å². The van der Waals surface area contributed by atoms with Crippen molar-refractivity contribution in [1.82, 2.24) is 4.40 Å². The molecule has 0 unspecified atom stereocenters. The molecule has 5 heterocycles. The highest BCUT2D eigenvalue weighted by Crippen LogP contribution is 2.51. The molecule has 0 aliphatic carbocycles. The molecule has 0 radical (unpaired) electrons. The Morgan fingerprint density at radius 3 is 1.31 bits per heavy atom. The quantitative estimate of drug-likeness (QED) is 0.159. The Balaban J connectivity index is 0.794. The molecule has 0 aliphatic heterocycles. The number of rotatable bonds is 7. The minimum atomic E-state index is 0.327. The van der Waals surface area contributed by atoms with Gasteiger partial charge in [0, 0.05) is 99.1 Å². The molecule has 0 spiro atoms. The van der Waals surface area contributed by atoms with Gasteiger partial charge >= 0.3 is 0 Å². The summed E-state index contributed by atoms with van der Waals surface area (Å²) in [4.78, 5) is 4.83. The van der Waals surface area contributed by atoms with E-state index in [4.69, 9.17) is 13.3 Å². The summed E-state index contributed by atoms with van der Waals surface area (Å²) < 4.78 is 23.0. The Morgan fingerprint density at radius 2 is 0.708 bits per heavy atom. The molecule has 0 saturated carbocycles. The van der Waals surface area contributed by atoms with Crippen LogP contribution in [-0.4, -0.2) is 4.40 Å². The third-order valence-corrected chi connectivity index (χ3v) is 19.3. The van der Waals surface area contributed by atoms with Crippen molar-refractivity contribution in [3.05, 3.63) is 272 Å². The summed E-state index contributed by atoms with van der Waals surface area (Å²) >= 11 is 0. The molecule has 20 aromatic rings. The molecule has 0 saturated heterocycles. The summed E-state index contributed by atoms with van der Waals surface area (Å²) in [7, 11) is 0. The van der Waals surface area contributed by atoms with Crippen LogP contribution >= 0.6 is 0 Å². The third-order valence-electron chi connectivity index (χ3n) is 19.3. The van der Waals surface area contributed by atoms with Gasteiger partial charge in [0.05, 0.1) is 22.2 Å². The van der Waals surface area contributed by atoms with E-state index in [0.717, 1.165) is 121 Å². The third kappa shape index (κ3) is 7.02. The molecule has 0 aliphatic rings. The van der Waals surface area contributed by atoms with Gasteiger partial charge in [0.15, 0.2) is 0 Å². The van der Waals surface area contributed by atoms with Gasteiger partial charge in [-0.1, -0.05) is 147 Å². The maximum absolute atomic E-state index is 7.26. The van der Waals surface area contributed by atoms with Crippen LogP contribution in [0.2, 0.25) is 0 Å². The first-order valence-electron chi connectivity index (χ1n) is 30.7. The largest absolute Gasteiger partial charge is 0.456 e. The van der Waals surface area contributed by atoms with E-state index in [9.17, 15) is 0 Å². The summed E-state index contributed by atoms with van der Waals surface area (Å²) in [6, 6.07) is 97.8. The molecule has 5 aromatic heterocycles. The predicted octanol–water partition coefficient (Wildman–Crippen LogP) is 24.4. The molecule has 6 heteroatoms. The van der Waals surface area contributed by atoms with Crippen LogP contribution in [0.1, 0.15) is 25.3 Å². The smallest absolute Gasteiger partial charge is 0.143 e. The van der Waals surface area contributed by atoms with E-state index in [1.807, 2.05) is 0 Å². The van der Waals surface area contributed by atoms with Crippen molar-refractivity contribution in [3.63, 3.8) is 0 Å². The van der Waals surface area contributed by atoms with Crippen LogP contribution in [-0.2, 0) is 0 Å². The van der Waals surface area contributed by atoms with Crippen molar-refractivity contribution >= 4 is 192 Å². The van der Waals surface area contributed by atoms with Gasteiger partial charge in [-0.15, -0.1) is 0 Å². The highest BCUT2D eigenvalue weighted by atomic mass is 16.3. The van der Waals surface area contributed by atoms with Gasteiger partial charge in [0.1, 0.15) is 33.5 Å². The molecule has 20 rings (SSSR count). The van der Waals surface area contributed by atoms with Crippen LogP contribution in [0.15, 0.2) is 280 Å². The molecule has 0 N–H and O–H groups in total. The van der Waals surface area contributed by atoms with Gasteiger partial charge in [-0.05, 0) is 182 Å². The Kier molecular flexibility index (Phi) is 9.82. The van der Waals surface area contributed by atoms with Crippen LogP contribution < -0.4 is 9.80 Å². The monoisotopic (exact) mass is 1140 g/mol. The van der Waals surface area contributed by atoms with Crippen molar-refractivity contribution < 1.29 is 13.3 Å². The van der Waals surface area contributed by atoms with E-state index in [0.29, 0.717) is 5.92 Å². The van der Waals surface area contributed by atoms with Crippen LogP contribution in [0.25, 0.3) is 158 Å². The van der Waals surface area contributed by atoms with Crippen molar-refractivity contribution in [2.24, 2.45) is 0 Å². The number of hydrogen-bond acceptors (Lipinski definition) is 5. The Bertz CT molecular complexity index is 6430. The van der Waals surface area contributed by atoms with Gasteiger partial charge in [0.25, 0.3) is 0 Å². The van der Waals surface area contributed by atoms with E-state index >= 15 is 0 Å². The van der Waals surface area contributed by atoms with Gasteiger partial charge in [-0.3, -0.25) is 0 Å². The van der Waals surface area contributed by atoms with Gasteiger partial charge in [-0.25, -0.2) is 0 Å². The lowest BCUT2D eigenvalue weighted by atomic mass is 9.98. The van der Waals surface area contributed by atoms with Crippen LogP contribution in [0.4, 0.5) is 34.1 Å². The van der Waals surface area contributed by atoms with E-state index < -0.39 is 0 Å². The molecule has 6 nitrogen and oxygen atoms in total. The van der Waals surface area contributed by atoms with Gasteiger partial charge in [0.2, 0.25) is 0 Å². The first-order chi connectivity index (χ1) is 43.9. The fraction of sp³-hybridized carbons (Fsp3) is 0.0361. The molecule has 0 fully saturated rings. The van der Waals surface area contributed by atoms with Crippen LogP contribution in [0.3, 0.4) is 0 Å². The molecule has 0 amide bonds. The van der Waals surface area contributed by atoms with Crippen molar-refractivity contribution in [1.29, 1.82) is 0 Å². The molecular weight excluding hydrogens is 1090 g/mol. The van der Waals surface area contributed by atoms with Crippen molar-refractivity contribution in [2.45, 2.75) is 19.8 Å². The van der Waals surface area contributed by atoms with Crippen LogP contribution in [0, 0.1) is 0 Å². The maximum Gasteiger partial charge on any atom is 0.143 e. The molecular formula is C83H51N3O3. The summed E-state index contributed by atoms with van der Waals surface area (Å²) in [5.74, 6) is 0.327. The number of nitrogens with zero attached hydrogens (tertiary/aromatic N) is 3. The summed E-state index contributed by atoms with van der Waals surface area (Å²) in [6.07, 6.45) is 0. The second-order valence-corrected chi connectivity index (χ2v) is 24.6. The van der Waals surface area contributed by atoms with E-state index in [-0.39, 0.29) is 0 Å². The Morgan fingerprint density at radius 1 is 0.281 bits per heavy atom. The van der Waals surface area contributed by atoms with E-state index in [1.165, 1.54) is 76.0 Å². The lowest BCUT2D eigenvalue weighted by Gasteiger charge is -2.27. The van der Waals surface area contributed by atoms with Crippen LogP contribution in [0.5, 0.6) is 0 Å². The molecule has 15 aromatic carbocycles. The normalized spacial score (nSPS) is 12.5. The van der Waals surface area contributed by atoms with Crippen molar-refractivity contribution in [2.75, 3.05) is 9.80 Å². The molecule has 416 valence electrons. The first kappa shape index (κ1) is 48.6. The molecule has 0 atom stereocenters. The zero-order valence-electron chi connectivity index (χ0n) is 48.5. The second-order valence-electron chi connectivity index (χ2n) is 24.6. The zero-order chi connectivity index (χ0) is 58.3. The highest BCUT2D eigenvalue weighted by Gasteiger charge is 2.28. The number of aromatic nitrogens is 1. The number of hydrogen-bond donors (Lipinski definition) is 0. The summed E-state index contributed by atoms with van der Waals surface area (Å²) in [5, 5.41) is 23.0. The second kappa shape index (κ2) is 18.0. The SMILES string of the molecule is CC(C)c1ccc2c(c1)c1c(N(c3ccc4ccccc4c3)c3ccc4oc5cc6ccccc6cc5c4c3)ccc3c4ccc5c(ccc6c7ccc(N(c8ccc9ccccc9c8)c8ccc9oc%10cc%11ccccc%11cc%10c9c8)cc7oc65)c4n2c31. The van der Waals surface area contributed by atoms with E-state index in [1.54, 1.807) is 0 Å². The number of benzene rings is 15. The van der Waals surface area contributed by atoms with E-state index in [2.05, 4.69) is 295 Å². The fourth-order valence-corrected chi connectivity index (χ4v) is 15.0. The van der Waals surface area contributed by atoms with Gasteiger partial charge < -0.3 is 27.5 Å². The lowest BCUT2D eigenvalue weighted by molar-refractivity contribution is 0.669. The zero-order valence-corrected chi connectivity index (χ0v) is 48.5. The molecule has 0 bridgehead atoms. The molecule has 89 heavy (non-hydrogen) atoms. The Hall–Kier alpha value is -11.6. The summed E-state index contributed by atoms with van der Waals surface area (Å²) in [5.41, 5.74) is 16.3. The minimum absolute atomic E-state index is 0.327. The number of furan rings is 3. The minimum Gasteiger partial charge on any atom is -0.456 e. The average Bonchev–Trinajstić information content (AvgIpc) is 1.60. The van der Waals surface area contributed by atoms with Gasteiger partial charge in [-0.2, -0.15) is 0 Å². The maximum atomic E-state index is 7.26. The number of anilines is 6. The van der Waals surface area contributed by atoms with Crippen molar-refractivity contribution in [3.8, 4) is 0 Å². The average molecular weight is 1140 g/mol. The lowest BCUT2D eigenvalue weighted by Crippen LogP contribution is -2.10. The first-order valence-corrected chi connectivity index (χ1v) is 30.7. The summed E-state index contributed by atoms with van der Waals surface area (Å²) in [6.45, 7) is 4.59. The highest BCUT2D eigenvalue weighted by molar-refractivity contribution is 6.32.